The molecule has 1 saturated carbocycles. The smallest absolute Gasteiger partial charge is 0.0683 e. The van der Waals surface area contributed by atoms with E-state index in [2.05, 4.69) is 6.07 Å². The molecule has 3 nitrogen and oxygen atoms in total. The van der Waals surface area contributed by atoms with E-state index in [1.807, 2.05) is 13.8 Å². The second-order valence-electron chi connectivity index (χ2n) is 5.80. The number of ether oxygens (including phenoxy) is 1. The van der Waals surface area contributed by atoms with Crippen molar-refractivity contribution in [3.05, 3.63) is 0 Å². The molecule has 0 unspecified atom stereocenters. The summed E-state index contributed by atoms with van der Waals surface area (Å²) in [5, 5.41) is 17.9. The van der Waals surface area contributed by atoms with Crippen LogP contribution in [0.2, 0.25) is 0 Å². The molecule has 17 heavy (non-hydrogen) atoms. The quantitative estimate of drug-likeness (QED) is 0.725. The summed E-state index contributed by atoms with van der Waals surface area (Å²) in [7, 11) is 0. The van der Waals surface area contributed by atoms with Gasteiger partial charge in [0.15, 0.2) is 0 Å². The van der Waals surface area contributed by atoms with Crippen LogP contribution in [0.15, 0.2) is 0 Å². The van der Waals surface area contributed by atoms with Crippen molar-refractivity contribution in [3.8, 4) is 6.07 Å². The van der Waals surface area contributed by atoms with Crippen molar-refractivity contribution in [1.82, 2.24) is 0 Å². The minimum Gasteiger partial charge on any atom is -0.396 e. The molecule has 0 amide bonds. The van der Waals surface area contributed by atoms with Gasteiger partial charge in [0.1, 0.15) is 0 Å². The highest BCUT2D eigenvalue weighted by atomic mass is 16.5. The molecule has 1 aliphatic carbocycles. The zero-order chi connectivity index (χ0) is 12.7. The molecule has 0 heterocycles. The Balaban J connectivity index is 2.07. The van der Waals surface area contributed by atoms with E-state index in [0.29, 0.717) is 18.6 Å². The molecule has 0 spiro atoms. The number of aliphatic hydroxyl groups is 1. The fourth-order valence-corrected chi connectivity index (χ4v) is 2.30. The Kier molecular flexibility index (Phi) is 5.94. The van der Waals surface area contributed by atoms with Crippen LogP contribution in [0.5, 0.6) is 0 Å². The van der Waals surface area contributed by atoms with Gasteiger partial charge in [-0.05, 0) is 58.3 Å². The molecule has 1 aliphatic rings. The van der Waals surface area contributed by atoms with Gasteiger partial charge in [-0.1, -0.05) is 0 Å². The number of nitrogens with zero attached hydrogens (tertiary/aromatic N) is 1. The van der Waals surface area contributed by atoms with E-state index in [9.17, 15) is 0 Å². The van der Waals surface area contributed by atoms with E-state index in [4.69, 9.17) is 15.1 Å². The molecule has 1 N–H and O–H groups in total. The Morgan fingerprint density at radius 1 is 1.29 bits per heavy atom. The zero-order valence-corrected chi connectivity index (χ0v) is 11.1. The van der Waals surface area contributed by atoms with Crippen molar-refractivity contribution in [3.63, 3.8) is 0 Å². The lowest BCUT2D eigenvalue weighted by molar-refractivity contribution is 0.00803. The van der Waals surface area contributed by atoms with Crippen LogP contribution < -0.4 is 0 Å². The van der Waals surface area contributed by atoms with E-state index in [1.165, 1.54) is 0 Å². The molecule has 0 saturated heterocycles. The predicted octanol–water partition coefficient (Wildman–Crippen LogP) is 2.88. The average molecular weight is 239 g/mol. The molecule has 3 heteroatoms. The van der Waals surface area contributed by atoms with Crippen molar-refractivity contribution >= 4 is 0 Å². The Hall–Kier alpha value is -0.590. The van der Waals surface area contributed by atoms with Crippen LogP contribution in [-0.4, -0.2) is 24.4 Å². The molecule has 1 rings (SSSR count). The normalized spacial score (nSPS) is 25.5. The first-order valence-corrected chi connectivity index (χ1v) is 6.71. The van der Waals surface area contributed by atoms with Crippen LogP contribution in [0.4, 0.5) is 0 Å². The van der Waals surface area contributed by atoms with E-state index in [0.717, 1.165) is 45.1 Å². The lowest BCUT2D eigenvalue weighted by atomic mass is 9.88. The fraction of sp³-hybridized carbons (Fsp3) is 0.929. The third-order valence-corrected chi connectivity index (χ3v) is 3.65. The van der Waals surface area contributed by atoms with Crippen LogP contribution in [0.25, 0.3) is 0 Å². The van der Waals surface area contributed by atoms with Crippen molar-refractivity contribution in [2.24, 2.45) is 11.3 Å². The first kappa shape index (κ1) is 14.5. The van der Waals surface area contributed by atoms with Crippen molar-refractivity contribution in [2.45, 2.75) is 58.5 Å². The summed E-state index contributed by atoms with van der Waals surface area (Å²) < 4.78 is 5.82. The molecule has 0 aromatic carbocycles. The van der Waals surface area contributed by atoms with E-state index in [-0.39, 0.29) is 5.41 Å². The summed E-state index contributed by atoms with van der Waals surface area (Å²) in [5.41, 5.74) is -0.224. The molecule has 0 aromatic rings. The minimum atomic E-state index is -0.224. The Labute approximate surface area is 105 Å². The summed E-state index contributed by atoms with van der Waals surface area (Å²) in [6.07, 6.45) is 6.56. The van der Waals surface area contributed by atoms with Crippen LogP contribution >= 0.6 is 0 Å². The Morgan fingerprint density at radius 3 is 2.47 bits per heavy atom. The molecule has 0 aromatic heterocycles. The van der Waals surface area contributed by atoms with E-state index < -0.39 is 0 Å². The number of rotatable bonds is 6. The predicted molar refractivity (Wildman–Crippen MR) is 67.4 cm³/mol. The summed E-state index contributed by atoms with van der Waals surface area (Å²) in [4.78, 5) is 0. The van der Waals surface area contributed by atoms with Crippen LogP contribution in [0, 0.1) is 22.7 Å². The van der Waals surface area contributed by atoms with Crippen molar-refractivity contribution in [2.75, 3.05) is 13.2 Å². The Bertz CT molecular complexity index is 249. The Morgan fingerprint density at radius 2 is 1.94 bits per heavy atom. The van der Waals surface area contributed by atoms with E-state index in [1.54, 1.807) is 0 Å². The van der Waals surface area contributed by atoms with Gasteiger partial charge in [0.05, 0.1) is 17.6 Å². The second kappa shape index (κ2) is 6.98. The van der Waals surface area contributed by atoms with Crippen molar-refractivity contribution < 1.29 is 9.84 Å². The van der Waals surface area contributed by atoms with Gasteiger partial charge in [-0.15, -0.1) is 0 Å². The van der Waals surface area contributed by atoms with Crippen LogP contribution in [0.1, 0.15) is 52.4 Å². The van der Waals surface area contributed by atoms with E-state index >= 15 is 0 Å². The first-order valence-electron chi connectivity index (χ1n) is 6.71. The van der Waals surface area contributed by atoms with Gasteiger partial charge >= 0.3 is 0 Å². The number of hydrogen-bond donors (Lipinski definition) is 1. The largest absolute Gasteiger partial charge is 0.396 e. The maximum absolute atomic E-state index is 9.04. The molecule has 0 radical (unpaired) electrons. The van der Waals surface area contributed by atoms with Gasteiger partial charge in [0.25, 0.3) is 0 Å². The van der Waals surface area contributed by atoms with Gasteiger partial charge in [-0.25, -0.2) is 0 Å². The summed E-state index contributed by atoms with van der Waals surface area (Å²) >= 11 is 0. The monoisotopic (exact) mass is 239 g/mol. The molecule has 98 valence electrons. The highest BCUT2D eigenvalue weighted by molar-refractivity contribution is 4.91. The lowest BCUT2D eigenvalue weighted by Gasteiger charge is -2.27. The van der Waals surface area contributed by atoms with Gasteiger partial charge in [0.2, 0.25) is 0 Å². The number of hydrogen-bond acceptors (Lipinski definition) is 3. The number of aliphatic hydroxyl groups excluding tert-OH is 1. The molecule has 0 atom stereocenters. The van der Waals surface area contributed by atoms with Gasteiger partial charge in [-0.3, -0.25) is 0 Å². The summed E-state index contributed by atoms with van der Waals surface area (Å²) in [5.74, 6) is 0.493. The van der Waals surface area contributed by atoms with Gasteiger partial charge in [0, 0.05) is 13.2 Å². The molecule has 0 aliphatic heterocycles. The summed E-state index contributed by atoms with van der Waals surface area (Å²) in [6.45, 7) is 5.03. The topological polar surface area (TPSA) is 53.2 Å². The third-order valence-electron chi connectivity index (χ3n) is 3.65. The van der Waals surface area contributed by atoms with Crippen molar-refractivity contribution in [1.29, 1.82) is 5.26 Å². The first-order chi connectivity index (χ1) is 8.07. The SMILES string of the molecule is CC(C)(C#N)CCCOC1CCC(CO)CC1. The second-order valence-corrected chi connectivity index (χ2v) is 5.80. The highest BCUT2D eigenvalue weighted by Crippen LogP contribution is 2.26. The zero-order valence-electron chi connectivity index (χ0n) is 11.1. The van der Waals surface area contributed by atoms with Gasteiger partial charge in [-0.2, -0.15) is 5.26 Å². The van der Waals surface area contributed by atoms with Crippen LogP contribution in [-0.2, 0) is 4.74 Å². The highest BCUT2D eigenvalue weighted by Gasteiger charge is 2.21. The molecular formula is C14H25NO2. The maximum Gasteiger partial charge on any atom is 0.0683 e. The summed E-state index contributed by atoms with van der Waals surface area (Å²) in [6, 6.07) is 2.31. The minimum absolute atomic E-state index is 0.224. The standard InChI is InChI=1S/C14H25NO2/c1-14(2,11-15)8-3-9-17-13-6-4-12(10-16)5-7-13/h12-13,16H,3-10H2,1-2H3. The number of nitriles is 1. The lowest BCUT2D eigenvalue weighted by Crippen LogP contribution is -2.24. The third kappa shape index (κ3) is 5.52. The molecule has 0 bridgehead atoms. The fourth-order valence-electron chi connectivity index (χ4n) is 2.30. The maximum atomic E-state index is 9.04. The average Bonchev–Trinajstić information content (AvgIpc) is 2.35. The molecular weight excluding hydrogens is 214 g/mol. The molecule has 1 fully saturated rings. The van der Waals surface area contributed by atoms with Gasteiger partial charge < -0.3 is 9.84 Å². The van der Waals surface area contributed by atoms with Crippen LogP contribution in [0.3, 0.4) is 0 Å².